The van der Waals surface area contributed by atoms with Crippen LogP contribution in [0.15, 0.2) is 53.6 Å². The number of fused-ring (bicyclic) bond motifs is 3. The molecule has 4 rings (SSSR count). The molecule has 23 heavy (non-hydrogen) atoms. The maximum absolute atomic E-state index is 4.42. The Morgan fingerprint density at radius 2 is 1.96 bits per heavy atom. The predicted octanol–water partition coefficient (Wildman–Crippen LogP) is 3.26. The van der Waals surface area contributed by atoms with Crippen molar-refractivity contribution in [2.75, 3.05) is 5.43 Å². The molecule has 112 valence electrons. The van der Waals surface area contributed by atoms with Gasteiger partial charge in [0.15, 0.2) is 5.65 Å². The quantitative estimate of drug-likeness (QED) is 0.450. The summed E-state index contributed by atoms with van der Waals surface area (Å²) in [6.07, 6.45) is 1.71. The summed E-state index contributed by atoms with van der Waals surface area (Å²) in [6.45, 7) is 2.05. The second-order valence-electron chi connectivity index (χ2n) is 5.29. The Bertz CT molecular complexity index is 1000. The second kappa shape index (κ2) is 5.49. The molecule has 0 bridgehead atoms. The fourth-order valence-electron chi connectivity index (χ4n) is 2.44. The number of anilines is 1. The molecule has 2 N–H and O–H groups in total. The van der Waals surface area contributed by atoms with Gasteiger partial charge in [0.05, 0.1) is 6.21 Å². The zero-order valence-corrected chi connectivity index (χ0v) is 12.5. The molecular formula is C17H14N6. The van der Waals surface area contributed by atoms with E-state index in [4.69, 9.17) is 0 Å². The highest BCUT2D eigenvalue weighted by Crippen LogP contribution is 2.23. The van der Waals surface area contributed by atoms with E-state index in [1.165, 1.54) is 5.56 Å². The average molecular weight is 302 g/mol. The Labute approximate surface area is 132 Å². The van der Waals surface area contributed by atoms with Gasteiger partial charge >= 0.3 is 0 Å². The summed E-state index contributed by atoms with van der Waals surface area (Å²) in [7, 11) is 0. The summed E-state index contributed by atoms with van der Waals surface area (Å²) in [5.74, 6) is 0.355. The second-order valence-corrected chi connectivity index (χ2v) is 5.29. The van der Waals surface area contributed by atoms with Gasteiger partial charge in [0.25, 0.3) is 5.95 Å². The van der Waals surface area contributed by atoms with Gasteiger partial charge in [-0.15, -0.1) is 10.2 Å². The fraction of sp³-hybridized carbons (Fsp3) is 0.0588. The molecule has 2 aromatic heterocycles. The zero-order valence-electron chi connectivity index (χ0n) is 12.5. The number of hydrazone groups is 1. The number of benzene rings is 2. The van der Waals surface area contributed by atoms with Gasteiger partial charge in [0, 0.05) is 10.9 Å². The van der Waals surface area contributed by atoms with Crippen LogP contribution in [-0.2, 0) is 0 Å². The van der Waals surface area contributed by atoms with Crippen LogP contribution in [0.25, 0.3) is 22.1 Å². The maximum Gasteiger partial charge on any atom is 0.265 e. The van der Waals surface area contributed by atoms with Crippen molar-refractivity contribution in [3.05, 3.63) is 59.7 Å². The molecule has 0 aliphatic heterocycles. The molecule has 0 saturated carbocycles. The fourth-order valence-corrected chi connectivity index (χ4v) is 2.44. The van der Waals surface area contributed by atoms with Crippen LogP contribution in [0, 0.1) is 6.92 Å². The Morgan fingerprint density at radius 3 is 2.83 bits per heavy atom. The number of rotatable bonds is 3. The van der Waals surface area contributed by atoms with Gasteiger partial charge in [0.1, 0.15) is 5.52 Å². The Morgan fingerprint density at radius 1 is 1.09 bits per heavy atom. The molecule has 6 nitrogen and oxygen atoms in total. The standard InChI is InChI=1S/C17H14N6/c1-11-7-8-14-13(9-11)15-16(19-14)20-17(23-21-15)22-18-10-12-5-3-2-4-6-12/h2-10H,1H3,(H2,19,20,22,23). The first-order valence-corrected chi connectivity index (χ1v) is 7.26. The minimum atomic E-state index is 0.355. The van der Waals surface area contributed by atoms with E-state index >= 15 is 0 Å². The highest BCUT2D eigenvalue weighted by Gasteiger charge is 2.08. The SMILES string of the molecule is Cc1ccc2[nH]c3nc(NN=Cc4ccccc4)nnc3c2c1. The van der Waals surface area contributed by atoms with E-state index in [-0.39, 0.29) is 0 Å². The third-order valence-corrected chi connectivity index (χ3v) is 3.55. The van der Waals surface area contributed by atoms with E-state index in [1.54, 1.807) is 6.21 Å². The molecule has 0 atom stereocenters. The van der Waals surface area contributed by atoms with Gasteiger partial charge in [-0.2, -0.15) is 10.1 Å². The van der Waals surface area contributed by atoms with Crippen LogP contribution in [0.1, 0.15) is 11.1 Å². The molecule has 0 spiro atoms. The van der Waals surface area contributed by atoms with Gasteiger partial charge in [0.2, 0.25) is 0 Å². The largest absolute Gasteiger partial charge is 0.338 e. The highest BCUT2D eigenvalue weighted by atomic mass is 15.4. The van der Waals surface area contributed by atoms with E-state index < -0.39 is 0 Å². The van der Waals surface area contributed by atoms with E-state index in [1.807, 2.05) is 43.3 Å². The molecule has 4 aromatic rings. The molecule has 0 amide bonds. The highest BCUT2D eigenvalue weighted by molar-refractivity contribution is 6.03. The van der Waals surface area contributed by atoms with Crippen molar-refractivity contribution in [3.8, 4) is 0 Å². The lowest BCUT2D eigenvalue weighted by Crippen LogP contribution is -1.98. The summed E-state index contributed by atoms with van der Waals surface area (Å²) in [5.41, 5.74) is 7.43. The Balaban J connectivity index is 1.64. The lowest BCUT2D eigenvalue weighted by molar-refractivity contribution is 1.01. The molecule has 0 aliphatic rings. The van der Waals surface area contributed by atoms with Crippen molar-refractivity contribution < 1.29 is 0 Å². The molecule has 0 fully saturated rings. The van der Waals surface area contributed by atoms with E-state index in [0.29, 0.717) is 11.6 Å². The van der Waals surface area contributed by atoms with Crippen LogP contribution < -0.4 is 5.43 Å². The molecular weight excluding hydrogens is 288 g/mol. The van der Waals surface area contributed by atoms with Crippen molar-refractivity contribution in [2.24, 2.45) is 5.10 Å². The normalized spacial score (nSPS) is 11.5. The van der Waals surface area contributed by atoms with Crippen LogP contribution >= 0.6 is 0 Å². The minimum absolute atomic E-state index is 0.355. The average Bonchev–Trinajstić information content (AvgIpc) is 2.93. The van der Waals surface area contributed by atoms with Crippen molar-refractivity contribution in [1.82, 2.24) is 20.2 Å². The number of H-pyrrole nitrogens is 1. The Hall–Kier alpha value is -3.28. The maximum atomic E-state index is 4.42. The van der Waals surface area contributed by atoms with Crippen LogP contribution in [0.4, 0.5) is 5.95 Å². The van der Waals surface area contributed by atoms with Gasteiger partial charge in [-0.1, -0.05) is 42.0 Å². The topological polar surface area (TPSA) is 78.9 Å². The third-order valence-electron chi connectivity index (χ3n) is 3.55. The van der Waals surface area contributed by atoms with Crippen molar-refractivity contribution >= 4 is 34.2 Å². The molecule has 0 saturated heterocycles. The molecule has 6 heteroatoms. The number of nitrogens with zero attached hydrogens (tertiary/aromatic N) is 4. The first-order valence-electron chi connectivity index (χ1n) is 7.26. The first-order chi connectivity index (χ1) is 11.3. The smallest absolute Gasteiger partial charge is 0.265 e. The molecule has 0 radical (unpaired) electrons. The van der Waals surface area contributed by atoms with E-state index in [2.05, 4.69) is 42.8 Å². The number of aryl methyl sites for hydroxylation is 1. The zero-order chi connectivity index (χ0) is 15.6. The van der Waals surface area contributed by atoms with E-state index in [0.717, 1.165) is 22.0 Å². The van der Waals surface area contributed by atoms with Gasteiger partial charge in [-0.3, -0.25) is 0 Å². The monoisotopic (exact) mass is 302 g/mol. The number of aromatic amines is 1. The molecule has 2 aromatic carbocycles. The summed E-state index contributed by atoms with van der Waals surface area (Å²) in [5, 5.41) is 13.5. The molecule has 0 unspecified atom stereocenters. The molecule has 0 aliphatic carbocycles. The van der Waals surface area contributed by atoms with Gasteiger partial charge in [-0.05, 0) is 24.6 Å². The van der Waals surface area contributed by atoms with Crippen LogP contribution in [0.2, 0.25) is 0 Å². The lowest BCUT2D eigenvalue weighted by atomic mass is 10.2. The number of nitrogens with one attached hydrogen (secondary N) is 2. The summed E-state index contributed by atoms with van der Waals surface area (Å²) < 4.78 is 0. The first kappa shape index (κ1) is 13.4. The van der Waals surface area contributed by atoms with Gasteiger partial charge in [-0.25, -0.2) is 5.43 Å². The number of aromatic nitrogens is 4. The molecule has 2 heterocycles. The summed E-state index contributed by atoms with van der Waals surface area (Å²) in [4.78, 5) is 7.67. The van der Waals surface area contributed by atoms with Crippen molar-refractivity contribution in [1.29, 1.82) is 0 Å². The summed E-state index contributed by atoms with van der Waals surface area (Å²) in [6, 6.07) is 16.0. The number of hydrogen-bond donors (Lipinski definition) is 2. The van der Waals surface area contributed by atoms with Gasteiger partial charge < -0.3 is 4.98 Å². The Kier molecular flexibility index (Phi) is 3.20. The van der Waals surface area contributed by atoms with Crippen LogP contribution in [-0.4, -0.2) is 26.4 Å². The lowest BCUT2D eigenvalue weighted by Gasteiger charge is -1.97. The predicted molar refractivity (Wildman–Crippen MR) is 91.6 cm³/mol. The minimum Gasteiger partial charge on any atom is -0.338 e. The number of hydrogen-bond acceptors (Lipinski definition) is 5. The summed E-state index contributed by atoms with van der Waals surface area (Å²) >= 11 is 0. The van der Waals surface area contributed by atoms with Crippen LogP contribution in [0.5, 0.6) is 0 Å². The van der Waals surface area contributed by atoms with Crippen LogP contribution in [0.3, 0.4) is 0 Å². The third kappa shape index (κ3) is 2.62. The van der Waals surface area contributed by atoms with Crippen molar-refractivity contribution in [2.45, 2.75) is 6.92 Å². The van der Waals surface area contributed by atoms with E-state index in [9.17, 15) is 0 Å². The van der Waals surface area contributed by atoms with Crippen molar-refractivity contribution in [3.63, 3.8) is 0 Å².